The van der Waals surface area contributed by atoms with E-state index in [0.29, 0.717) is 6.42 Å². The van der Waals surface area contributed by atoms with Crippen LogP contribution < -0.4 is 0 Å². The van der Waals surface area contributed by atoms with Crippen LogP contribution in [0.5, 0.6) is 0 Å². The van der Waals surface area contributed by atoms with Crippen LogP contribution in [0.2, 0.25) is 0 Å². The molecule has 0 saturated heterocycles. The molecule has 0 heterocycles. The van der Waals surface area contributed by atoms with Crippen molar-refractivity contribution in [3.63, 3.8) is 0 Å². The predicted molar refractivity (Wildman–Crippen MR) is 76.6 cm³/mol. The van der Waals surface area contributed by atoms with Crippen LogP contribution in [0.1, 0.15) is 49.4 Å². The second-order valence-electron chi connectivity index (χ2n) is 5.34. The minimum atomic E-state index is -3.58. The molecule has 0 radical (unpaired) electrons. The topological polar surface area (TPSA) is 71.4 Å². The summed E-state index contributed by atoms with van der Waals surface area (Å²) in [7, 11) is -3.58. The Balaban J connectivity index is 2.47. The SMILES string of the molecule is CCC1CCCCC1S(=O)(=O)c1ccccc1C(=O)O. The predicted octanol–water partition coefficient (Wildman–Crippen LogP) is 3.13. The number of hydrogen-bond donors (Lipinski definition) is 1. The molecule has 1 aromatic rings. The Morgan fingerprint density at radius 2 is 1.90 bits per heavy atom. The zero-order chi connectivity index (χ0) is 14.8. The van der Waals surface area contributed by atoms with E-state index in [-0.39, 0.29) is 16.4 Å². The van der Waals surface area contributed by atoms with Crippen LogP contribution in [0.3, 0.4) is 0 Å². The highest BCUT2D eigenvalue weighted by molar-refractivity contribution is 7.92. The largest absolute Gasteiger partial charge is 0.478 e. The number of sulfone groups is 1. The van der Waals surface area contributed by atoms with Gasteiger partial charge < -0.3 is 5.11 Å². The number of carboxylic acids is 1. The van der Waals surface area contributed by atoms with Crippen molar-refractivity contribution in [2.24, 2.45) is 5.92 Å². The van der Waals surface area contributed by atoms with Crippen LogP contribution in [0, 0.1) is 5.92 Å². The molecule has 1 fully saturated rings. The fourth-order valence-corrected chi connectivity index (χ4v) is 5.47. The van der Waals surface area contributed by atoms with E-state index in [0.717, 1.165) is 25.7 Å². The van der Waals surface area contributed by atoms with Crippen molar-refractivity contribution < 1.29 is 18.3 Å². The molecule has 5 heteroatoms. The van der Waals surface area contributed by atoms with E-state index in [9.17, 15) is 18.3 Å². The van der Waals surface area contributed by atoms with Crippen LogP contribution in [0.25, 0.3) is 0 Å². The Morgan fingerprint density at radius 1 is 1.25 bits per heavy atom. The monoisotopic (exact) mass is 296 g/mol. The van der Waals surface area contributed by atoms with Crippen molar-refractivity contribution in [3.05, 3.63) is 29.8 Å². The Morgan fingerprint density at radius 3 is 2.55 bits per heavy atom. The normalized spacial score (nSPS) is 23.4. The van der Waals surface area contributed by atoms with E-state index >= 15 is 0 Å². The van der Waals surface area contributed by atoms with Crippen LogP contribution >= 0.6 is 0 Å². The van der Waals surface area contributed by atoms with Gasteiger partial charge in [-0.1, -0.05) is 38.3 Å². The first-order valence-corrected chi connectivity index (χ1v) is 8.59. The molecule has 2 rings (SSSR count). The highest BCUT2D eigenvalue weighted by Gasteiger charge is 2.37. The van der Waals surface area contributed by atoms with Gasteiger partial charge in [-0.05, 0) is 30.9 Å². The summed E-state index contributed by atoms with van der Waals surface area (Å²) in [5, 5.41) is 8.74. The smallest absolute Gasteiger partial charge is 0.337 e. The lowest BCUT2D eigenvalue weighted by Crippen LogP contribution is -2.33. The highest BCUT2D eigenvalue weighted by Crippen LogP contribution is 2.35. The Bertz CT molecular complexity index is 592. The molecule has 0 aromatic heterocycles. The van der Waals surface area contributed by atoms with Gasteiger partial charge in [-0.25, -0.2) is 13.2 Å². The maximum Gasteiger partial charge on any atom is 0.337 e. The maximum absolute atomic E-state index is 12.8. The molecule has 110 valence electrons. The lowest BCUT2D eigenvalue weighted by Gasteiger charge is -2.30. The average molecular weight is 296 g/mol. The van der Waals surface area contributed by atoms with Crippen LogP contribution in [-0.2, 0) is 9.84 Å². The highest BCUT2D eigenvalue weighted by atomic mass is 32.2. The molecule has 2 atom stereocenters. The molecule has 20 heavy (non-hydrogen) atoms. The van der Waals surface area contributed by atoms with Crippen molar-refractivity contribution >= 4 is 15.8 Å². The van der Waals surface area contributed by atoms with E-state index < -0.39 is 21.1 Å². The van der Waals surface area contributed by atoms with Crippen LogP contribution in [0.15, 0.2) is 29.2 Å². The second-order valence-corrected chi connectivity index (χ2v) is 7.47. The van der Waals surface area contributed by atoms with Gasteiger partial charge in [0, 0.05) is 0 Å². The van der Waals surface area contributed by atoms with Crippen LogP contribution in [-0.4, -0.2) is 24.7 Å². The lowest BCUT2D eigenvalue weighted by atomic mass is 9.87. The number of aromatic carboxylic acids is 1. The minimum Gasteiger partial charge on any atom is -0.478 e. The molecule has 0 spiro atoms. The molecular weight excluding hydrogens is 276 g/mol. The number of benzene rings is 1. The molecule has 0 amide bonds. The molecule has 0 bridgehead atoms. The summed E-state index contributed by atoms with van der Waals surface area (Å²) in [6.45, 7) is 2.00. The molecule has 1 aromatic carbocycles. The van der Waals surface area contributed by atoms with Crippen molar-refractivity contribution in [2.45, 2.75) is 49.2 Å². The number of carbonyl (C=O) groups is 1. The van der Waals surface area contributed by atoms with Crippen molar-refractivity contribution in [2.75, 3.05) is 0 Å². The van der Waals surface area contributed by atoms with Gasteiger partial charge in [0.05, 0.1) is 15.7 Å². The molecule has 2 unspecified atom stereocenters. The van der Waals surface area contributed by atoms with Gasteiger partial charge >= 0.3 is 5.97 Å². The summed E-state index contributed by atoms with van der Waals surface area (Å²) in [4.78, 5) is 11.2. The fraction of sp³-hybridized carbons (Fsp3) is 0.533. The van der Waals surface area contributed by atoms with E-state index in [1.54, 1.807) is 12.1 Å². The Labute approximate surface area is 119 Å². The summed E-state index contributed by atoms with van der Waals surface area (Å²) in [6.07, 6.45) is 4.32. The molecule has 1 aliphatic carbocycles. The number of rotatable bonds is 4. The van der Waals surface area contributed by atoms with Gasteiger partial charge in [0.25, 0.3) is 0 Å². The van der Waals surface area contributed by atoms with E-state index in [1.165, 1.54) is 12.1 Å². The van der Waals surface area contributed by atoms with Gasteiger partial charge in [-0.3, -0.25) is 0 Å². The summed E-state index contributed by atoms with van der Waals surface area (Å²) in [5.74, 6) is -1.05. The minimum absolute atomic E-state index is 0.0298. The van der Waals surface area contributed by atoms with Gasteiger partial charge in [-0.15, -0.1) is 0 Å². The first kappa shape index (κ1) is 15.0. The third kappa shape index (κ3) is 2.73. The van der Waals surface area contributed by atoms with E-state index in [2.05, 4.69) is 0 Å². The molecule has 1 aliphatic rings. The molecule has 4 nitrogen and oxygen atoms in total. The van der Waals surface area contributed by atoms with Crippen molar-refractivity contribution in [3.8, 4) is 0 Å². The van der Waals surface area contributed by atoms with Gasteiger partial charge in [-0.2, -0.15) is 0 Å². The van der Waals surface area contributed by atoms with Crippen molar-refractivity contribution in [1.82, 2.24) is 0 Å². The lowest BCUT2D eigenvalue weighted by molar-refractivity contribution is 0.0692. The van der Waals surface area contributed by atoms with Gasteiger partial charge in [0.1, 0.15) is 0 Å². The summed E-state index contributed by atoms with van der Waals surface area (Å²) in [5.41, 5.74) is -0.118. The van der Waals surface area contributed by atoms with Crippen LogP contribution in [0.4, 0.5) is 0 Å². The third-order valence-corrected chi connectivity index (χ3v) is 6.57. The zero-order valence-corrected chi connectivity index (χ0v) is 12.4. The Kier molecular flexibility index (Phi) is 4.48. The summed E-state index contributed by atoms with van der Waals surface area (Å²) in [6, 6.07) is 5.92. The van der Waals surface area contributed by atoms with E-state index in [4.69, 9.17) is 0 Å². The maximum atomic E-state index is 12.8. The second kappa shape index (κ2) is 5.95. The zero-order valence-electron chi connectivity index (χ0n) is 11.6. The van der Waals surface area contributed by atoms with E-state index in [1.807, 2.05) is 6.92 Å². The molecular formula is C15H20O4S. The van der Waals surface area contributed by atoms with Gasteiger partial charge in [0.2, 0.25) is 0 Å². The average Bonchev–Trinajstić information content (AvgIpc) is 2.47. The first-order valence-electron chi connectivity index (χ1n) is 7.04. The standard InChI is InChI=1S/C15H20O4S/c1-2-11-7-3-5-9-13(11)20(18,19)14-10-6-4-8-12(14)15(16)17/h4,6,8,10-11,13H,2-3,5,7,9H2,1H3,(H,16,17). The fourth-order valence-electron chi connectivity index (χ4n) is 3.10. The first-order chi connectivity index (χ1) is 9.48. The summed E-state index contributed by atoms with van der Waals surface area (Å²) >= 11 is 0. The Hall–Kier alpha value is -1.36. The number of carboxylic acid groups (broad SMARTS) is 1. The molecule has 0 aliphatic heterocycles. The summed E-state index contributed by atoms with van der Waals surface area (Å²) < 4.78 is 25.6. The molecule has 1 saturated carbocycles. The third-order valence-electron chi connectivity index (χ3n) is 4.19. The van der Waals surface area contributed by atoms with Gasteiger partial charge in [0.15, 0.2) is 9.84 Å². The number of hydrogen-bond acceptors (Lipinski definition) is 3. The molecule has 1 N–H and O–H groups in total. The van der Waals surface area contributed by atoms with Crippen molar-refractivity contribution in [1.29, 1.82) is 0 Å². The quantitative estimate of drug-likeness (QED) is 0.926.